The van der Waals surface area contributed by atoms with Crippen molar-refractivity contribution < 1.29 is 14.3 Å². The number of hydrogen-bond acceptors (Lipinski definition) is 8. The number of carbonyl (C=O) groups excluding carboxylic acids is 2. The number of benzene rings is 1. The number of carbonyl (C=O) groups is 2. The normalized spacial score (nSPS) is 16.0. The molecule has 0 aliphatic carbocycles. The maximum absolute atomic E-state index is 12.0. The van der Waals surface area contributed by atoms with Crippen LogP contribution in [0.15, 0.2) is 22.5 Å². The molecule has 1 aliphatic heterocycles. The number of aryl methyl sites for hydroxylation is 1. The second-order valence-electron chi connectivity index (χ2n) is 6.43. The first kappa shape index (κ1) is 20.6. The molecule has 10 heteroatoms. The van der Waals surface area contributed by atoms with Crippen LogP contribution in [0.25, 0.3) is 0 Å². The number of ether oxygens (including phenoxy) is 1. The van der Waals surface area contributed by atoms with Crippen LogP contribution >= 0.6 is 23.1 Å². The lowest BCUT2D eigenvalue weighted by atomic mass is 10.1. The van der Waals surface area contributed by atoms with Gasteiger partial charge in [-0.25, -0.2) is 4.79 Å². The number of urea groups is 1. The molecule has 1 aromatic heterocycles. The summed E-state index contributed by atoms with van der Waals surface area (Å²) in [5, 5.41) is 17.0. The van der Waals surface area contributed by atoms with E-state index in [0.717, 1.165) is 30.6 Å². The van der Waals surface area contributed by atoms with Gasteiger partial charge in [0, 0.05) is 18.8 Å². The van der Waals surface area contributed by atoms with Crippen LogP contribution in [0.3, 0.4) is 0 Å². The Morgan fingerprint density at radius 1 is 1.32 bits per heavy atom. The third kappa shape index (κ3) is 5.91. The Hall–Kier alpha value is -2.17. The Bertz CT molecular complexity index is 836. The van der Waals surface area contributed by atoms with Crippen LogP contribution in [0.1, 0.15) is 24.0 Å². The number of nitrogens with zero attached hydrogens (tertiary/aromatic N) is 2. The molecule has 3 amide bonds. The molecule has 28 heavy (non-hydrogen) atoms. The van der Waals surface area contributed by atoms with E-state index in [-0.39, 0.29) is 11.9 Å². The Labute approximate surface area is 171 Å². The maximum Gasteiger partial charge on any atom is 0.325 e. The van der Waals surface area contributed by atoms with Gasteiger partial charge in [-0.2, -0.15) is 0 Å². The first-order valence-corrected chi connectivity index (χ1v) is 10.8. The minimum Gasteiger partial charge on any atom is -0.376 e. The third-order valence-electron chi connectivity index (χ3n) is 4.34. The van der Waals surface area contributed by atoms with E-state index < -0.39 is 11.9 Å². The monoisotopic (exact) mass is 421 g/mol. The molecule has 1 unspecified atom stereocenters. The maximum atomic E-state index is 12.0. The van der Waals surface area contributed by atoms with E-state index in [2.05, 4.69) is 26.1 Å². The Balaban J connectivity index is 1.40. The Morgan fingerprint density at radius 2 is 2.18 bits per heavy atom. The van der Waals surface area contributed by atoms with Crippen LogP contribution in [-0.4, -0.2) is 47.1 Å². The van der Waals surface area contributed by atoms with E-state index in [9.17, 15) is 9.59 Å². The molecule has 1 aromatic carbocycles. The molecule has 2 aromatic rings. The van der Waals surface area contributed by atoms with Crippen molar-refractivity contribution in [2.45, 2.75) is 37.1 Å². The van der Waals surface area contributed by atoms with Crippen molar-refractivity contribution in [1.29, 1.82) is 0 Å². The molecule has 3 rings (SSSR count). The number of thioether (sulfide) groups is 1. The van der Waals surface area contributed by atoms with Crippen molar-refractivity contribution >= 4 is 45.9 Å². The predicted octanol–water partition coefficient (Wildman–Crippen LogP) is 3.19. The second kappa shape index (κ2) is 9.85. The molecule has 3 N–H and O–H groups in total. The van der Waals surface area contributed by atoms with Crippen LogP contribution in [0, 0.1) is 13.8 Å². The average molecular weight is 422 g/mol. The molecule has 1 fully saturated rings. The quantitative estimate of drug-likeness (QED) is 0.590. The smallest absolute Gasteiger partial charge is 0.325 e. The van der Waals surface area contributed by atoms with E-state index in [1.807, 2.05) is 26.0 Å². The summed E-state index contributed by atoms with van der Waals surface area (Å²) in [6.07, 6.45) is 2.37. The molecule has 0 bridgehead atoms. The first-order chi connectivity index (χ1) is 13.5. The highest BCUT2D eigenvalue weighted by molar-refractivity contribution is 8.01. The minimum atomic E-state index is -0.546. The van der Waals surface area contributed by atoms with Gasteiger partial charge in [-0.1, -0.05) is 35.2 Å². The summed E-state index contributed by atoms with van der Waals surface area (Å²) in [6, 6.07) is 5.07. The van der Waals surface area contributed by atoms with Crippen molar-refractivity contribution in [3.8, 4) is 0 Å². The number of nitrogens with one attached hydrogen (secondary N) is 3. The molecule has 8 nitrogen and oxygen atoms in total. The lowest BCUT2D eigenvalue weighted by Gasteiger charge is -2.10. The fourth-order valence-electron chi connectivity index (χ4n) is 2.68. The number of amides is 3. The van der Waals surface area contributed by atoms with Gasteiger partial charge in [0.1, 0.15) is 0 Å². The number of rotatable bonds is 7. The molecule has 0 radical (unpaired) electrons. The molecule has 0 saturated carbocycles. The average Bonchev–Trinajstić information content (AvgIpc) is 3.33. The van der Waals surface area contributed by atoms with E-state index in [4.69, 9.17) is 4.74 Å². The summed E-state index contributed by atoms with van der Waals surface area (Å²) < 4.78 is 6.22. The minimum absolute atomic E-state index is 0.0839. The van der Waals surface area contributed by atoms with E-state index in [0.29, 0.717) is 21.7 Å². The van der Waals surface area contributed by atoms with Crippen molar-refractivity contribution in [1.82, 2.24) is 15.5 Å². The van der Waals surface area contributed by atoms with Crippen LogP contribution in [0.4, 0.5) is 15.6 Å². The van der Waals surface area contributed by atoms with Crippen molar-refractivity contribution in [2.75, 3.05) is 29.5 Å². The van der Waals surface area contributed by atoms with Crippen LogP contribution in [0.5, 0.6) is 0 Å². The van der Waals surface area contributed by atoms with Gasteiger partial charge in [-0.05, 0) is 43.9 Å². The van der Waals surface area contributed by atoms with Gasteiger partial charge in [-0.3, -0.25) is 10.1 Å². The van der Waals surface area contributed by atoms with Crippen molar-refractivity contribution in [3.63, 3.8) is 0 Å². The van der Waals surface area contributed by atoms with Crippen LogP contribution in [-0.2, 0) is 9.53 Å². The summed E-state index contributed by atoms with van der Waals surface area (Å²) in [5.74, 6) is -0.308. The number of aromatic nitrogens is 2. The van der Waals surface area contributed by atoms with Gasteiger partial charge < -0.3 is 15.4 Å². The van der Waals surface area contributed by atoms with E-state index >= 15 is 0 Å². The molecule has 150 valence electrons. The highest BCUT2D eigenvalue weighted by Crippen LogP contribution is 2.25. The molecule has 1 saturated heterocycles. The number of imide groups is 1. The number of hydrogen-bond donors (Lipinski definition) is 3. The van der Waals surface area contributed by atoms with Gasteiger partial charge >= 0.3 is 6.03 Å². The molecule has 2 heterocycles. The summed E-state index contributed by atoms with van der Waals surface area (Å²) in [4.78, 5) is 24.0. The Morgan fingerprint density at radius 3 is 2.96 bits per heavy atom. The lowest BCUT2D eigenvalue weighted by molar-refractivity contribution is -0.117. The highest BCUT2D eigenvalue weighted by Gasteiger charge is 2.16. The topological polar surface area (TPSA) is 105 Å². The molecular formula is C18H23N5O3S2. The SMILES string of the molecule is Cc1cccc(NC(=O)NC(=O)CSc2nnc(NCC3CCCO3)s2)c1C. The molecule has 0 spiro atoms. The fourth-order valence-corrected chi connectivity index (χ4v) is 4.23. The molecule has 1 atom stereocenters. The van der Waals surface area contributed by atoms with Gasteiger partial charge in [-0.15, -0.1) is 10.2 Å². The van der Waals surface area contributed by atoms with Gasteiger partial charge in [0.2, 0.25) is 11.0 Å². The van der Waals surface area contributed by atoms with Crippen molar-refractivity contribution in [2.24, 2.45) is 0 Å². The largest absolute Gasteiger partial charge is 0.376 e. The summed E-state index contributed by atoms with van der Waals surface area (Å²) in [5.41, 5.74) is 2.72. The second-order valence-corrected chi connectivity index (χ2v) is 8.63. The van der Waals surface area contributed by atoms with Gasteiger partial charge in [0.25, 0.3) is 0 Å². The van der Waals surface area contributed by atoms with Crippen LogP contribution in [0.2, 0.25) is 0 Å². The van der Waals surface area contributed by atoms with E-state index in [1.54, 1.807) is 6.07 Å². The highest BCUT2D eigenvalue weighted by atomic mass is 32.2. The number of anilines is 2. The zero-order valence-electron chi connectivity index (χ0n) is 15.8. The van der Waals surface area contributed by atoms with Gasteiger partial charge in [0.05, 0.1) is 11.9 Å². The summed E-state index contributed by atoms with van der Waals surface area (Å²) in [6.45, 7) is 5.41. The molecule has 1 aliphatic rings. The zero-order chi connectivity index (χ0) is 19.9. The third-order valence-corrected chi connectivity index (χ3v) is 6.36. The fraction of sp³-hybridized carbons (Fsp3) is 0.444. The first-order valence-electron chi connectivity index (χ1n) is 9.00. The van der Waals surface area contributed by atoms with Gasteiger partial charge in [0.15, 0.2) is 4.34 Å². The molecular weight excluding hydrogens is 398 g/mol. The van der Waals surface area contributed by atoms with Crippen LogP contribution < -0.4 is 16.0 Å². The van der Waals surface area contributed by atoms with Crippen molar-refractivity contribution in [3.05, 3.63) is 29.3 Å². The van der Waals surface area contributed by atoms with E-state index in [1.165, 1.54) is 23.1 Å². The lowest BCUT2D eigenvalue weighted by Crippen LogP contribution is -2.35. The standard InChI is InChI=1S/C18H23N5O3S2/c1-11-5-3-7-14(12(11)2)20-16(25)21-15(24)10-27-18-23-22-17(28-18)19-9-13-6-4-8-26-13/h3,5,7,13H,4,6,8-10H2,1-2H3,(H,19,22)(H2,20,21,24,25). The predicted molar refractivity (Wildman–Crippen MR) is 111 cm³/mol. The zero-order valence-corrected chi connectivity index (χ0v) is 17.4. The summed E-state index contributed by atoms with van der Waals surface area (Å²) in [7, 11) is 0. The summed E-state index contributed by atoms with van der Waals surface area (Å²) >= 11 is 2.62. The Kier molecular flexibility index (Phi) is 7.24.